The van der Waals surface area contributed by atoms with Crippen molar-refractivity contribution in [2.75, 3.05) is 55.8 Å². The van der Waals surface area contributed by atoms with Crippen LogP contribution in [0.15, 0.2) is 84.2 Å². The minimum Gasteiger partial charge on any atom is -0.339 e. The minimum absolute atomic E-state index is 0.195. The lowest BCUT2D eigenvalue weighted by atomic mass is 10.2. The summed E-state index contributed by atoms with van der Waals surface area (Å²) >= 11 is 8.21. The molecule has 0 aliphatic carbocycles. The number of nitrogens with zero attached hydrogens (tertiary/aromatic N) is 6. The molecule has 4 aliphatic rings. The molecule has 1 amide bonds. The number of amides is 1. The molecule has 1 aromatic heterocycles. The van der Waals surface area contributed by atoms with Crippen molar-refractivity contribution in [1.82, 2.24) is 19.5 Å². The molecule has 1 atom stereocenters. The highest BCUT2D eigenvalue weighted by Crippen LogP contribution is 2.38. The fourth-order valence-electron chi connectivity index (χ4n) is 5.88. The maximum atomic E-state index is 13.2. The van der Waals surface area contributed by atoms with Gasteiger partial charge >= 0.3 is 0 Å². The van der Waals surface area contributed by atoms with E-state index in [1.807, 2.05) is 40.9 Å². The van der Waals surface area contributed by atoms with E-state index in [0.29, 0.717) is 16.2 Å². The number of hydrogen-bond acceptors (Lipinski definition) is 5. The second kappa shape index (κ2) is 9.06. The van der Waals surface area contributed by atoms with Gasteiger partial charge in [-0.3, -0.25) is 9.36 Å². The van der Waals surface area contributed by atoms with E-state index >= 15 is 0 Å². The van der Waals surface area contributed by atoms with E-state index in [2.05, 4.69) is 63.2 Å². The van der Waals surface area contributed by atoms with Crippen LogP contribution >= 0.6 is 23.4 Å². The van der Waals surface area contributed by atoms with E-state index < -0.39 is 0 Å². The summed E-state index contributed by atoms with van der Waals surface area (Å²) in [6, 6.07) is 16.2. The van der Waals surface area contributed by atoms with Crippen LogP contribution in [-0.4, -0.2) is 80.9 Å². The van der Waals surface area contributed by atoms with E-state index in [1.165, 1.54) is 5.70 Å². The highest BCUT2D eigenvalue weighted by atomic mass is 35.5. The molecule has 3 aromatic rings. The SMILES string of the molecule is O=C(C1=CC2=CC=C[N@@+]2(N2CCN(c3nc4ccc(Cl)cc4n3-c3ccccc3)CC2)C1)N1CCSC1. The molecule has 7 nitrogen and oxygen atoms in total. The molecular weight excluding hydrogens is 504 g/mol. The van der Waals surface area contributed by atoms with Crippen LogP contribution < -0.4 is 4.90 Å². The fraction of sp³-hybridized carbons (Fsp3) is 0.286. The number of hydrogen-bond donors (Lipinski definition) is 0. The molecule has 0 spiro atoms. The smallest absolute Gasteiger partial charge is 0.256 e. The number of imidazole rings is 1. The summed E-state index contributed by atoms with van der Waals surface area (Å²) in [6.45, 7) is 4.98. The van der Waals surface area contributed by atoms with Gasteiger partial charge in [-0.15, -0.1) is 16.8 Å². The van der Waals surface area contributed by atoms with Crippen molar-refractivity contribution >= 4 is 46.3 Å². The molecule has 7 rings (SSSR count). The van der Waals surface area contributed by atoms with Gasteiger partial charge in [0.1, 0.15) is 12.7 Å². The fourth-order valence-corrected chi connectivity index (χ4v) is 7.00. The summed E-state index contributed by atoms with van der Waals surface area (Å²) in [5.74, 6) is 2.97. The average Bonchev–Trinajstić information content (AvgIpc) is 3.71. The van der Waals surface area contributed by atoms with Gasteiger partial charge in [0.05, 0.1) is 35.6 Å². The predicted molar refractivity (Wildman–Crippen MR) is 149 cm³/mol. The zero-order valence-electron chi connectivity index (χ0n) is 20.5. The first kappa shape index (κ1) is 23.1. The predicted octanol–water partition coefficient (Wildman–Crippen LogP) is 4.42. The molecule has 2 aromatic carbocycles. The van der Waals surface area contributed by atoms with Crippen LogP contribution in [0, 0.1) is 0 Å². The summed E-state index contributed by atoms with van der Waals surface area (Å²) in [5, 5.41) is 3.20. The van der Waals surface area contributed by atoms with Gasteiger partial charge in [0.2, 0.25) is 5.95 Å². The van der Waals surface area contributed by atoms with E-state index in [0.717, 1.165) is 72.6 Å². The van der Waals surface area contributed by atoms with Crippen LogP contribution in [0.3, 0.4) is 0 Å². The maximum absolute atomic E-state index is 13.2. The van der Waals surface area contributed by atoms with Gasteiger partial charge in [0, 0.05) is 48.2 Å². The van der Waals surface area contributed by atoms with Gasteiger partial charge in [-0.2, -0.15) is 4.59 Å². The molecule has 9 heteroatoms. The van der Waals surface area contributed by atoms with E-state index in [-0.39, 0.29) is 5.91 Å². The normalized spacial score (nSPS) is 23.6. The van der Waals surface area contributed by atoms with Crippen LogP contribution in [0.25, 0.3) is 16.7 Å². The van der Waals surface area contributed by atoms with Gasteiger partial charge in [0.15, 0.2) is 5.70 Å². The number of piperazine rings is 1. The van der Waals surface area contributed by atoms with Crippen LogP contribution in [0.1, 0.15) is 0 Å². The first-order valence-corrected chi connectivity index (χ1v) is 14.2. The average molecular weight is 532 g/mol. The van der Waals surface area contributed by atoms with Crippen molar-refractivity contribution in [2.24, 2.45) is 0 Å². The van der Waals surface area contributed by atoms with Crippen molar-refractivity contribution < 1.29 is 9.39 Å². The molecule has 2 saturated heterocycles. The first-order chi connectivity index (χ1) is 18.1. The van der Waals surface area contributed by atoms with Crippen molar-refractivity contribution in [3.63, 3.8) is 0 Å². The number of allylic oxidation sites excluding steroid dienone is 3. The lowest BCUT2D eigenvalue weighted by Gasteiger charge is -2.44. The summed E-state index contributed by atoms with van der Waals surface area (Å²) in [6.07, 6.45) is 8.64. The Bertz CT molecular complexity index is 1470. The number of anilines is 1. The molecule has 0 radical (unpaired) electrons. The first-order valence-electron chi connectivity index (χ1n) is 12.7. The molecule has 5 heterocycles. The number of rotatable bonds is 4. The van der Waals surface area contributed by atoms with Gasteiger partial charge in [0.25, 0.3) is 5.91 Å². The van der Waals surface area contributed by atoms with Crippen molar-refractivity contribution in [3.8, 4) is 5.69 Å². The summed E-state index contributed by atoms with van der Waals surface area (Å²) in [7, 11) is 0. The summed E-state index contributed by atoms with van der Waals surface area (Å²) in [4.78, 5) is 22.6. The number of halogens is 1. The molecular formula is C28H28ClN6OS+. The molecule has 188 valence electrons. The number of carbonyl (C=O) groups excluding carboxylic acids is 1. The quantitative estimate of drug-likeness (QED) is 0.466. The molecule has 2 fully saturated rings. The number of thioether (sulfide) groups is 1. The second-order valence-corrected chi connectivity index (χ2v) is 11.4. The Morgan fingerprint density at radius 3 is 2.65 bits per heavy atom. The Labute approximate surface area is 225 Å². The topological polar surface area (TPSA) is 44.6 Å². The largest absolute Gasteiger partial charge is 0.339 e. The zero-order chi connectivity index (χ0) is 25.0. The Morgan fingerprint density at radius 1 is 1.03 bits per heavy atom. The lowest BCUT2D eigenvalue weighted by molar-refractivity contribution is -0.948. The lowest BCUT2D eigenvalue weighted by Crippen LogP contribution is -2.60. The van der Waals surface area contributed by atoms with Crippen molar-refractivity contribution in [1.29, 1.82) is 0 Å². The van der Waals surface area contributed by atoms with Crippen LogP contribution in [0.4, 0.5) is 5.95 Å². The third-order valence-electron chi connectivity index (χ3n) is 7.75. The second-order valence-electron chi connectivity index (χ2n) is 9.85. The molecule has 4 aliphatic heterocycles. The highest BCUT2D eigenvalue weighted by Gasteiger charge is 2.48. The third kappa shape index (κ3) is 3.82. The van der Waals surface area contributed by atoms with E-state index in [1.54, 1.807) is 0 Å². The summed E-state index contributed by atoms with van der Waals surface area (Å²) in [5.41, 5.74) is 5.13. The van der Waals surface area contributed by atoms with Gasteiger partial charge in [-0.05, 0) is 36.4 Å². The summed E-state index contributed by atoms with van der Waals surface area (Å²) < 4.78 is 2.84. The van der Waals surface area contributed by atoms with Crippen molar-refractivity contribution in [2.45, 2.75) is 0 Å². The molecule has 0 saturated carbocycles. The minimum atomic E-state index is 0.195. The molecule has 0 bridgehead atoms. The van der Waals surface area contributed by atoms with Gasteiger partial charge in [-0.25, -0.2) is 4.98 Å². The Hall–Kier alpha value is -3.04. The maximum Gasteiger partial charge on any atom is 0.256 e. The Kier molecular flexibility index (Phi) is 5.66. The van der Waals surface area contributed by atoms with Gasteiger partial charge in [-0.1, -0.05) is 29.8 Å². The number of carbonyl (C=O) groups is 1. The molecule has 37 heavy (non-hydrogen) atoms. The number of quaternary nitrogens is 1. The highest BCUT2D eigenvalue weighted by molar-refractivity contribution is 7.99. The monoisotopic (exact) mass is 531 g/mol. The van der Waals surface area contributed by atoms with Crippen LogP contribution in [0.5, 0.6) is 0 Å². The van der Waals surface area contributed by atoms with Crippen LogP contribution in [0.2, 0.25) is 5.02 Å². The third-order valence-corrected chi connectivity index (χ3v) is 8.95. The van der Waals surface area contributed by atoms with Crippen LogP contribution in [-0.2, 0) is 4.79 Å². The van der Waals surface area contributed by atoms with E-state index in [4.69, 9.17) is 16.6 Å². The van der Waals surface area contributed by atoms with Gasteiger partial charge < -0.3 is 9.80 Å². The van der Waals surface area contributed by atoms with E-state index in [9.17, 15) is 4.79 Å². The van der Waals surface area contributed by atoms with Crippen molar-refractivity contribution in [3.05, 3.63) is 89.3 Å². The Morgan fingerprint density at radius 2 is 1.86 bits per heavy atom. The Balaban J connectivity index is 1.14. The number of aromatic nitrogens is 2. The standard InChI is InChI=1S/C28H28ClN6OS/c29-22-8-9-25-26(18-22)34(23-5-2-1-3-6-23)28(30-25)31-10-12-33(13-11-31)35-15-4-7-24(35)17-21(19-35)27(36)32-14-16-37-20-32/h1-9,15,17-18H,10-14,16,19-20H2/q+1/t35-/m1/s1. The molecule has 0 N–H and O–H groups in total. The number of fused-ring (bicyclic) bond motifs is 2. The number of para-hydroxylation sites is 1. The molecule has 0 unspecified atom stereocenters. The number of benzene rings is 2. The zero-order valence-corrected chi connectivity index (χ0v) is 22.0.